The first-order valence-corrected chi connectivity index (χ1v) is 9.54. The lowest BCUT2D eigenvalue weighted by molar-refractivity contribution is 0.0169. The second-order valence-corrected chi connectivity index (χ2v) is 7.19. The third-order valence-electron chi connectivity index (χ3n) is 5.68. The fourth-order valence-corrected chi connectivity index (χ4v) is 4.49. The standard InChI is InChI=1S/C18H33N3O2/c1-3-22-16(13-6-4-5-7-13)10-11-20-18(19-2)21-15-12-14-8-9-17(15)23-14/h13-17H,3-12H2,1-2H3,(H2,19,20,21). The maximum atomic E-state index is 5.99. The topological polar surface area (TPSA) is 54.9 Å². The highest BCUT2D eigenvalue weighted by Crippen LogP contribution is 2.34. The number of nitrogens with zero attached hydrogens (tertiary/aromatic N) is 1. The quantitative estimate of drug-likeness (QED) is 0.558. The average molecular weight is 323 g/mol. The Kier molecular flexibility index (Phi) is 6.17. The molecule has 5 nitrogen and oxygen atoms in total. The Hall–Kier alpha value is -0.810. The summed E-state index contributed by atoms with van der Waals surface area (Å²) in [6.07, 6.45) is 11.3. The molecule has 2 bridgehead atoms. The van der Waals surface area contributed by atoms with Crippen molar-refractivity contribution in [2.45, 2.75) is 82.6 Å². The van der Waals surface area contributed by atoms with Crippen molar-refractivity contribution in [3.8, 4) is 0 Å². The molecule has 0 aromatic carbocycles. The Morgan fingerprint density at radius 2 is 2.09 bits per heavy atom. The van der Waals surface area contributed by atoms with Crippen LogP contribution in [0, 0.1) is 5.92 Å². The number of fused-ring (bicyclic) bond motifs is 2. The third-order valence-corrected chi connectivity index (χ3v) is 5.68. The van der Waals surface area contributed by atoms with E-state index >= 15 is 0 Å². The molecule has 3 fully saturated rings. The monoisotopic (exact) mass is 323 g/mol. The lowest BCUT2D eigenvalue weighted by Crippen LogP contribution is -2.48. The first-order chi connectivity index (χ1) is 11.3. The molecule has 0 aromatic rings. The van der Waals surface area contributed by atoms with Gasteiger partial charge in [-0.1, -0.05) is 12.8 Å². The molecular formula is C18H33N3O2. The van der Waals surface area contributed by atoms with Crippen molar-refractivity contribution in [1.82, 2.24) is 10.6 Å². The van der Waals surface area contributed by atoms with Crippen LogP contribution >= 0.6 is 0 Å². The molecule has 2 heterocycles. The highest BCUT2D eigenvalue weighted by atomic mass is 16.5. The minimum Gasteiger partial charge on any atom is -0.378 e. The SMILES string of the molecule is CCOC(CCNC(=NC)NC1CC2CCC1O2)C1CCCC1. The first kappa shape index (κ1) is 17.0. The largest absolute Gasteiger partial charge is 0.378 e. The van der Waals surface area contributed by atoms with Crippen LogP contribution in [0.3, 0.4) is 0 Å². The smallest absolute Gasteiger partial charge is 0.191 e. The van der Waals surface area contributed by atoms with E-state index in [1.165, 1.54) is 38.5 Å². The Morgan fingerprint density at radius 3 is 2.70 bits per heavy atom. The van der Waals surface area contributed by atoms with E-state index in [2.05, 4.69) is 22.5 Å². The number of aliphatic imine (C=N–C) groups is 1. The Balaban J connectivity index is 1.40. The van der Waals surface area contributed by atoms with Gasteiger partial charge in [-0.3, -0.25) is 4.99 Å². The van der Waals surface area contributed by atoms with Gasteiger partial charge in [-0.25, -0.2) is 0 Å². The van der Waals surface area contributed by atoms with E-state index in [1.54, 1.807) is 0 Å². The van der Waals surface area contributed by atoms with E-state index in [-0.39, 0.29) is 0 Å². The summed E-state index contributed by atoms with van der Waals surface area (Å²) in [5.41, 5.74) is 0. The van der Waals surface area contributed by atoms with Gasteiger partial charge in [0.15, 0.2) is 5.96 Å². The van der Waals surface area contributed by atoms with Crippen LogP contribution in [0.2, 0.25) is 0 Å². The minimum atomic E-state index is 0.383. The van der Waals surface area contributed by atoms with Gasteiger partial charge in [0.05, 0.1) is 24.4 Å². The van der Waals surface area contributed by atoms with Crippen LogP contribution in [0.1, 0.15) is 58.3 Å². The van der Waals surface area contributed by atoms with E-state index in [9.17, 15) is 0 Å². The van der Waals surface area contributed by atoms with Crippen molar-refractivity contribution in [1.29, 1.82) is 0 Å². The lowest BCUT2D eigenvalue weighted by Gasteiger charge is -2.25. The molecule has 132 valence electrons. The van der Waals surface area contributed by atoms with Gasteiger partial charge >= 0.3 is 0 Å². The second-order valence-electron chi connectivity index (χ2n) is 7.19. The van der Waals surface area contributed by atoms with Crippen molar-refractivity contribution in [2.24, 2.45) is 10.9 Å². The molecular weight excluding hydrogens is 290 g/mol. The molecule has 0 aromatic heterocycles. The fourth-order valence-electron chi connectivity index (χ4n) is 4.49. The highest BCUT2D eigenvalue weighted by Gasteiger charge is 2.41. The van der Waals surface area contributed by atoms with Crippen LogP contribution in [-0.2, 0) is 9.47 Å². The molecule has 2 saturated heterocycles. The van der Waals surface area contributed by atoms with Crippen LogP contribution in [0.5, 0.6) is 0 Å². The summed E-state index contributed by atoms with van der Waals surface area (Å²) in [4.78, 5) is 4.37. The van der Waals surface area contributed by atoms with E-state index in [0.29, 0.717) is 24.4 Å². The molecule has 4 atom stereocenters. The average Bonchev–Trinajstić information content (AvgIpc) is 3.30. The number of hydrogen-bond donors (Lipinski definition) is 2. The van der Waals surface area contributed by atoms with Crippen molar-refractivity contribution in [3.63, 3.8) is 0 Å². The van der Waals surface area contributed by atoms with Gasteiger partial charge in [-0.05, 0) is 51.4 Å². The fraction of sp³-hybridized carbons (Fsp3) is 0.944. The molecule has 2 aliphatic heterocycles. The molecule has 23 heavy (non-hydrogen) atoms. The number of guanidine groups is 1. The summed E-state index contributed by atoms with van der Waals surface area (Å²) in [7, 11) is 1.85. The maximum Gasteiger partial charge on any atom is 0.191 e. The predicted molar refractivity (Wildman–Crippen MR) is 92.8 cm³/mol. The van der Waals surface area contributed by atoms with Crippen molar-refractivity contribution in [2.75, 3.05) is 20.2 Å². The summed E-state index contributed by atoms with van der Waals surface area (Å²) < 4.78 is 11.9. The zero-order chi connectivity index (χ0) is 16.1. The van der Waals surface area contributed by atoms with Crippen LogP contribution in [0.15, 0.2) is 4.99 Å². The molecule has 0 amide bonds. The molecule has 3 rings (SSSR count). The normalized spacial score (nSPS) is 32.4. The minimum absolute atomic E-state index is 0.383. The summed E-state index contributed by atoms with van der Waals surface area (Å²) in [6.45, 7) is 3.84. The van der Waals surface area contributed by atoms with E-state index < -0.39 is 0 Å². The molecule has 3 aliphatic rings. The number of rotatable bonds is 7. The van der Waals surface area contributed by atoms with Crippen LogP contribution in [-0.4, -0.2) is 50.5 Å². The molecule has 0 radical (unpaired) electrons. The summed E-state index contributed by atoms with van der Waals surface area (Å²) in [5.74, 6) is 1.67. The molecule has 2 N–H and O–H groups in total. The van der Waals surface area contributed by atoms with Crippen LogP contribution in [0.25, 0.3) is 0 Å². The van der Waals surface area contributed by atoms with Crippen molar-refractivity contribution >= 4 is 5.96 Å². The van der Waals surface area contributed by atoms with Gasteiger partial charge in [0.25, 0.3) is 0 Å². The number of hydrogen-bond acceptors (Lipinski definition) is 3. The summed E-state index contributed by atoms with van der Waals surface area (Å²) in [5, 5.41) is 7.02. The summed E-state index contributed by atoms with van der Waals surface area (Å²) >= 11 is 0. The Bertz CT molecular complexity index is 396. The highest BCUT2D eigenvalue weighted by molar-refractivity contribution is 5.80. The lowest BCUT2D eigenvalue weighted by atomic mass is 9.96. The Labute approximate surface area is 140 Å². The molecule has 1 saturated carbocycles. The summed E-state index contributed by atoms with van der Waals surface area (Å²) in [6, 6.07) is 0.428. The van der Waals surface area contributed by atoms with E-state index in [1.807, 2.05) is 7.05 Å². The first-order valence-electron chi connectivity index (χ1n) is 9.54. The van der Waals surface area contributed by atoms with Gasteiger partial charge < -0.3 is 20.1 Å². The predicted octanol–water partition coefficient (Wildman–Crippen LogP) is 2.46. The van der Waals surface area contributed by atoms with E-state index in [0.717, 1.165) is 37.9 Å². The van der Waals surface area contributed by atoms with Gasteiger partial charge in [-0.2, -0.15) is 0 Å². The van der Waals surface area contributed by atoms with Gasteiger partial charge in [0.2, 0.25) is 0 Å². The Morgan fingerprint density at radius 1 is 1.26 bits per heavy atom. The molecule has 4 unspecified atom stereocenters. The van der Waals surface area contributed by atoms with Crippen molar-refractivity contribution in [3.05, 3.63) is 0 Å². The second kappa shape index (κ2) is 8.34. The van der Waals surface area contributed by atoms with Crippen LogP contribution < -0.4 is 10.6 Å². The van der Waals surface area contributed by atoms with Gasteiger partial charge in [-0.15, -0.1) is 0 Å². The van der Waals surface area contributed by atoms with Crippen LogP contribution in [0.4, 0.5) is 0 Å². The third kappa shape index (κ3) is 4.38. The molecule has 5 heteroatoms. The van der Waals surface area contributed by atoms with E-state index in [4.69, 9.17) is 9.47 Å². The van der Waals surface area contributed by atoms with Gasteiger partial charge in [0.1, 0.15) is 0 Å². The zero-order valence-electron chi connectivity index (χ0n) is 14.7. The van der Waals surface area contributed by atoms with Gasteiger partial charge in [0, 0.05) is 20.2 Å². The number of ether oxygens (including phenoxy) is 2. The van der Waals surface area contributed by atoms with Crippen molar-refractivity contribution < 1.29 is 9.47 Å². The molecule has 1 aliphatic carbocycles. The zero-order valence-corrected chi connectivity index (χ0v) is 14.7. The number of nitrogens with one attached hydrogen (secondary N) is 2. The maximum absolute atomic E-state index is 5.99. The molecule has 0 spiro atoms.